The summed E-state index contributed by atoms with van der Waals surface area (Å²) < 4.78 is 3.88. The fourth-order valence-electron chi connectivity index (χ4n) is 1.73. The van der Waals surface area contributed by atoms with Crippen LogP contribution in [0.3, 0.4) is 0 Å². The highest BCUT2D eigenvalue weighted by molar-refractivity contribution is 6.51. The Balaban J connectivity index is 2.09. The van der Waals surface area contributed by atoms with Crippen LogP contribution < -0.4 is 5.32 Å². The average molecular weight is 210 g/mol. The third-order valence-electron chi connectivity index (χ3n) is 2.75. The van der Waals surface area contributed by atoms with Gasteiger partial charge in [0.1, 0.15) is 10.4 Å². The van der Waals surface area contributed by atoms with Crippen LogP contribution in [-0.4, -0.2) is 30.0 Å². The fourth-order valence-corrected chi connectivity index (χ4v) is 2.56. The van der Waals surface area contributed by atoms with Crippen LogP contribution in [0.1, 0.15) is 6.42 Å². The Kier molecular flexibility index (Phi) is 1.63. The van der Waals surface area contributed by atoms with Crippen LogP contribution in [-0.2, 0) is 9.53 Å². The van der Waals surface area contributed by atoms with Crippen molar-refractivity contribution in [2.24, 2.45) is 5.41 Å². The van der Waals surface area contributed by atoms with Crippen LogP contribution in [0.2, 0.25) is 0 Å². The SMILES string of the molecule is COC(=O)[C@@H]1NC[C@@]12CC2(Cl)Cl. The lowest BCUT2D eigenvalue weighted by Gasteiger charge is -2.37. The van der Waals surface area contributed by atoms with Crippen molar-refractivity contribution in [3.8, 4) is 0 Å². The van der Waals surface area contributed by atoms with E-state index in [1.807, 2.05) is 0 Å². The van der Waals surface area contributed by atoms with E-state index in [1.54, 1.807) is 0 Å². The smallest absolute Gasteiger partial charge is 0.323 e. The molecule has 0 unspecified atom stereocenters. The van der Waals surface area contributed by atoms with E-state index in [-0.39, 0.29) is 17.4 Å². The minimum absolute atomic E-state index is 0.247. The van der Waals surface area contributed by atoms with E-state index in [9.17, 15) is 4.79 Å². The maximum absolute atomic E-state index is 11.1. The first-order valence-electron chi connectivity index (χ1n) is 3.72. The molecule has 1 aliphatic heterocycles. The Labute approximate surface area is 80.3 Å². The number of esters is 1. The number of methoxy groups -OCH3 is 1. The zero-order chi connectivity index (χ0) is 8.98. The number of ether oxygens (including phenoxy) is 1. The molecule has 0 radical (unpaired) electrons. The van der Waals surface area contributed by atoms with Crippen molar-refractivity contribution in [1.29, 1.82) is 0 Å². The van der Waals surface area contributed by atoms with Gasteiger partial charge in [0.15, 0.2) is 0 Å². The highest BCUT2D eigenvalue weighted by Gasteiger charge is 2.76. The molecule has 2 atom stereocenters. The number of carbonyl (C=O) groups is 1. The lowest BCUT2D eigenvalue weighted by atomic mass is 9.88. The number of carbonyl (C=O) groups excluding carboxylic acids is 1. The van der Waals surface area contributed by atoms with Gasteiger partial charge < -0.3 is 10.1 Å². The molecule has 3 nitrogen and oxygen atoms in total. The molecule has 2 aliphatic rings. The molecule has 1 saturated heterocycles. The van der Waals surface area contributed by atoms with Crippen molar-refractivity contribution < 1.29 is 9.53 Å². The second-order valence-corrected chi connectivity index (χ2v) is 4.86. The van der Waals surface area contributed by atoms with E-state index in [1.165, 1.54) is 7.11 Å². The van der Waals surface area contributed by atoms with Crippen LogP contribution in [0.4, 0.5) is 0 Å². The average Bonchev–Trinajstić information content (AvgIpc) is 2.54. The first kappa shape index (κ1) is 8.60. The summed E-state index contributed by atoms with van der Waals surface area (Å²) in [6, 6.07) is -0.308. The van der Waals surface area contributed by atoms with Crippen molar-refractivity contribution in [2.75, 3.05) is 13.7 Å². The second kappa shape index (κ2) is 2.28. The van der Waals surface area contributed by atoms with E-state index >= 15 is 0 Å². The molecule has 0 aromatic carbocycles. The van der Waals surface area contributed by atoms with Gasteiger partial charge in [-0.3, -0.25) is 4.79 Å². The van der Waals surface area contributed by atoms with Crippen molar-refractivity contribution in [2.45, 2.75) is 16.8 Å². The summed E-state index contributed by atoms with van der Waals surface area (Å²) in [7, 11) is 1.36. The van der Waals surface area contributed by atoms with Gasteiger partial charge in [0.05, 0.1) is 7.11 Å². The van der Waals surface area contributed by atoms with Crippen LogP contribution in [0.5, 0.6) is 0 Å². The number of hydrogen-bond acceptors (Lipinski definition) is 3. The fraction of sp³-hybridized carbons (Fsp3) is 0.857. The molecule has 1 N–H and O–H groups in total. The quantitative estimate of drug-likeness (QED) is 0.511. The first-order valence-corrected chi connectivity index (χ1v) is 4.48. The molecule has 2 rings (SSSR count). The van der Waals surface area contributed by atoms with Crippen molar-refractivity contribution in [3.63, 3.8) is 0 Å². The van der Waals surface area contributed by atoms with Gasteiger partial charge in [-0.2, -0.15) is 0 Å². The first-order chi connectivity index (χ1) is 5.53. The van der Waals surface area contributed by atoms with Crippen LogP contribution in [0, 0.1) is 5.41 Å². The molecule has 68 valence electrons. The van der Waals surface area contributed by atoms with Crippen molar-refractivity contribution >= 4 is 29.2 Å². The highest BCUT2D eigenvalue weighted by Crippen LogP contribution is 2.68. The molecular formula is C7H9Cl2NO2. The van der Waals surface area contributed by atoms with Gasteiger partial charge in [-0.1, -0.05) is 0 Å². The van der Waals surface area contributed by atoms with Gasteiger partial charge in [0.2, 0.25) is 0 Å². The van der Waals surface area contributed by atoms with Crippen molar-refractivity contribution in [3.05, 3.63) is 0 Å². The van der Waals surface area contributed by atoms with Gasteiger partial charge >= 0.3 is 5.97 Å². The number of alkyl halides is 2. The summed E-state index contributed by atoms with van der Waals surface area (Å²) in [5.41, 5.74) is -0.247. The lowest BCUT2D eigenvalue weighted by Crippen LogP contribution is -2.61. The summed E-state index contributed by atoms with van der Waals surface area (Å²) in [4.78, 5) is 11.1. The molecule has 0 aromatic heterocycles. The topological polar surface area (TPSA) is 38.3 Å². The van der Waals surface area contributed by atoms with E-state index < -0.39 is 4.33 Å². The molecule has 1 aliphatic carbocycles. The summed E-state index contributed by atoms with van der Waals surface area (Å²) in [6.45, 7) is 0.708. The van der Waals surface area contributed by atoms with E-state index in [2.05, 4.69) is 10.1 Å². The lowest BCUT2D eigenvalue weighted by molar-refractivity contribution is -0.148. The standard InChI is InChI=1S/C7H9Cl2NO2/c1-12-5(11)4-6(3-10-4)2-7(6,8)9/h4,10H,2-3H2,1H3/t4-,6-/m0/s1. The zero-order valence-electron chi connectivity index (χ0n) is 6.56. The van der Waals surface area contributed by atoms with Crippen molar-refractivity contribution in [1.82, 2.24) is 5.32 Å². The maximum Gasteiger partial charge on any atom is 0.323 e. The highest BCUT2D eigenvalue weighted by atomic mass is 35.5. The molecule has 5 heteroatoms. The number of halogens is 2. The molecule has 2 fully saturated rings. The molecule has 1 heterocycles. The minimum Gasteiger partial charge on any atom is -0.468 e. The number of rotatable bonds is 1. The van der Waals surface area contributed by atoms with E-state index in [4.69, 9.17) is 23.2 Å². The third-order valence-corrected chi connectivity index (χ3v) is 3.77. The Bertz CT molecular complexity index is 244. The monoisotopic (exact) mass is 209 g/mol. The van der Waals surface area contributed by atoms with E-state index in [0.717, 1.165) is 0 Å². The van der Waals surface area contributed by atoms with E-state index in [0.29, 0.717) is 13.0 Å². The normalized spacial score (nSPS) is 42.1. The van der Waals surface area contributed by atoms with Gasteiger partial charge in [-0.25, -0.2) is 0 Å². The Hall–Kier alpha value is 0.01000. The van der Waals surface area contributed by atoms with Crippen LogP contribution >= 0.6 is 23.2 Å². The van der Waals surface area contributed by atoms with Crippen LogP contribution in [0.15, 0.2) is 0 Å². The number of nitrogens with one attached hydrogen (secondary N) is 1. The Morgan fingerprint density at radius 1 is 1.67 bits per heavy atom. The summed E-state index contributed by atoms with van der Waals surface area (Å²) in [6.07, 6.45) is 0.676. The Morgan fingerprint density at radius 2 is 2.25 bits per heavy atom. The van der Waals surface area contributed by atoms with Crippen LogP contribution in [0.25, 0.3) is 0 Å². The summed E-state index contributed by atoms with van der Waals surface area (Å²) in [5, 5.41) is 2.96. The minimum atomic E-state index is -0.725. The van der Waals surface area contributed by atoms with Gasteiger partial charge in [0.25, 0.3) is 0 Å². The second-order valence-electron chi connectivity index (χ2n) is 3.37. The summed E-state index contributed by atoms with van der Waals surface area (Å²) >= 11 is 11.8. The largest absolute Gasteiger partial charge is 0.468 e. The molecule has 0 aromatic rings. The molecule has 0 amide bonds. The predicted molar refractivity (Wildman–Crippen MR) is 45.3 cm³/mol. The molecule has 1 spiro atoms. The molecule has 1 saturated carbocycles. The predicted octanol–water partition coefficient (Wildman–Crippen LogP) is 0.695. The third kappa shape index (κ3) is 0.845. The van der Waals surface area contributed by atoms with Gasteiger partial charge in [-0.05, 0) is 6.42 Å². The Morgan fingerprint density at radius 3 is 2.50 bits per heavy atom. The maximum atomic E-state index is 11.1. The van der Waals surface area contributed by atoms with Gasteiger partial charge in [-0.15, -0.1) is 23.2 Å². The molecular weight excluding hydrogens is 201 g/mol. The zero-order valence-corrected chi connectivity index (χ0v) is 8.08. The summed E-state index contributed by atoms with van der Waals surface area (Å²) in [5.74, 6) is -0.274. The number of hydrogen-bond donors (Lipinski definition) is 1. The molecule has 12 heavy (non-hydrogen) atoms. The molecule has 0 bridgehead atoms. The van der Waals surface area contributed by atoms with Gasteiger partial charge in [0, 0.05) is 12.0 Å².